The van der Waals surface area contributed by atoms with Crippen LogP contribution in [-0.4, -0.2) is 20.1 Å². The first kappa shape index (κ1) is 18.8. The summed E-state index contributed by atoms with van der Waals surface area (Å²) in [5.41, 5.74) is 1.48. The first-order valence-electron chi connectivity index (χ1n) is 7.32. The molecule has 0 fully saturated rings. The fourth-order valence-electron chi connectivity index (χ4n) is 2.14. The third-order valence-electron chi connectivity index (χ3n) is 3.34. The van der Waals surface area contributed by atoms with Gasteiger partial charge in [0.25, 0.3) is 0 Å². The van der Waals surface area contributed by atoms with E-state index in [1.165, 1.54) is 0 Å². The maximum Gasteiger partial charge on any atom is 0.224 e. The minimum absolute atomic E-state index is 0.0835. The van der Waals surface area contributed by atoms with E-state index < -0.39 is 9.84 Å². The second-order valence-corrected chi connectivity index (χ2v) is 8.42. The normalized spacial score (nSPS) is 11.3. The summed E-state index contributed by atoms with van der Waals surface area (Å²) < 4.78 is 24.4. The van der Waals surface area contributed by atoms with E-state index in [4.69, 9.17) is 23.2 Å². The quantitative estimate of drug-likeness (QED) is 0.796. The maximum atomic E-state index is 12.2. The molecule has 1 N–H and O–H groups in total. The molecule has 0 unspecified atom stereocenters. The fraction of sp³-hybridized carbons (Fsp3) is 0.235. The van der Waals surface area contributed by atoms with Gasteiger partial charge in [-0.1, -0.05) is 40.9 Å². The average molecular weight is 386 g/mol. The van der Waals surface area contributed by atoms with E-state index in [9.17, 15) is 13.2 Å². The Morgan fingerprint density at radius 1 is 1.04 bits per heavy atom. The van der Waals surface area contributed by atoms with Crippen LogP contribution in [0.25, 0.3) is 0 Å². The van der Waals surface area contributed by atoms with Gasteiger partial charge in [0.15, 0.2) is 9.84 Å². The van der Waals surface area contributed by atoms with Gasteiger partial charge in [0.2, 0.25) is 5.91 Å². The van der Waals surface area contributed by atoms with Crippen LogP contribution in [-0.2, 0) is 14.6 Å². The van der Waals surface area contributed by atoms with Crippen LogP contribution in [0.1, 0.15) is 18.4 Å². The number of sulfone groups is 1. The number of carbonyl (C=O) groups excluding carboxylic acids is 1. The summed E-state index contributed by atoms with van der Waals surface area (Å²) in [6.07, 6.45) is 0.325. The molecular formula is C17H17Cl2NO3S. The first-order valence-corrected chi connectivity index (χ1v) is 9.72. The highest BCUT2D eigenvalue weighted by Gasteiger charge is 2.15. The summed E-state index contributed by atoms with van der Waals surface area (Å²) in [4.78, 5) is 12.2. The highest BCUT2D eigenvalue weighted by atomic mass is 35.5. The molecule has 0 spiro atoms. The van der Waals surface area contributed by atoms with Gasteiger partial charge in [-0.3, -0.25) is 4.79 Å². The van der Waals surface area contributed by atoms with Crippen molar-refractivity contribution < 1.29 is 13.2 Å². The van der Waals surface area contributed by atoms with Gasteiger partial charge >= 0.3 is 0 Å². The summed E-state index contributed by atoms with van der Waals surface area (Å²) in [5, 5.41) is 3.49. The monoisotopic (exact) mass is 385 g/mol. The van der Waals surface area contributed by atoms with E-state index in [0.717, 1.165) is 5.56 Å². The van der Waals surface area contributed by atoms with E-state index in [2.05, 4.69) is 5.32 Å². The van der Waals surface area contributed by atoms with E-state index in [1.54, 1.807) is 42.5 Å². The lowest BCUT2D eigenvalue weighted by Crippen LogP contribution is -2.14. The van der Waals surface area contributed by atoms with Crippen LogP contribution in [0.3, 0.4) is 0 Å². The Bertz CT molecular complexity index is 813. The lowest BCUT2D eigenvalue weighted by atomic mass is 10.2. The molecule has 4 nitrogen and oxygen atoms in total. The number of hydrogen-bond donors (Lipinski definition) is 1. The molecule has 24 heavy (non-hydrogen) atoms. The van der Waals surface area contributed by atoms with Gasteiger partial charge in [-0.05, 0) is 43.7 Å². The van der Waals surface area contributed by atoms with Gasteiger partial charge in [0, 0.05) is 22.2 Å². The number of hydrogen-bond acceptors (Lipinski definition) is 3. The Morgan fingerprint density at radius 2 is 1.62 bits per heavy atom. The van der Waals surface area contributed by atoms with Crippen LogP contribution in [0, 0.1) is 6.92 Å². The minimum atomic E-state index is -3.38. The topological polar surface area (TPSA) is 63.2 Å². The Labute approximate surface area is 151 Å². The summed E-state index contributed by atoms with van der Waals surface area (Å²) in [6, 6.07) is 11.4. The molecule has 0 atom stereocenters. The molecule has 2 rings (SSSR count). The van der Waals surface area contributed by atoms with Crippen LogP contribution < -0.4 is 5.32 Å². The van der Waals surface area contributed by atoms with Crippen LogP contribution >= 0.6 is 23.2 Å². The zero-order valence-corrected chi connectivity index (χ0v) is 15.4. The molecule has 0 heterocycles. The lowest BCUT2D eigenvalue weighted by molar-refractivity contribution is -0.116. The molecule has 1 amide bonds. The lowest BCUT2D eigenvalue weighted by Gasteiger charge is -2.07. The van der Waals surface area contributed by atoms with Crippen molar-refractivity contribution in [2.45, 2.75) is 24.7 Å². The molecule has 0 radical (unpaired) electrons. The minimum Gasteiger partial charge on any atom is -0.326 e. The second-order valence-electron chi connectivity index (χ2n) is 5.44. The fourth-order valence-corrected chi connectivity index (χ4v) is 3.97. The standard InChI is InChI=1S/C17H17Cl2NO3S/c1-12-4-6-16(7-5-12)24(22,23)8-2-3-17(21)20-15-10-13(18)9-14(19)11-15/h4-7,9-11H,2-3,8H2,1H3,(H,20,21). The van der Waals surface area contributed by atoms with Gasteiger partial charge in [0.1, 0.15) is 0 Å². The summed E-state index contributed by atoms with van der Waals surface area (Å²) in [6.45, 7) is 1.89. The highest BCUT2D eigenvalue weighted by molar-refractivity contribution is 7.91. The molecule has 0 saturated carbocycles. The molecule has 2 aromatic carbocycles. The summed E-state index contributed by atoms with van der Waals surface area (Å²) in [5.74, 6) is -0.368. The summed E-state index contributed by atoms with van der Waals surface area (Å²) in [7, 11) is -3.38. The van der Waals surface area contributed by atoms with E-state index >= 15 is 0 Å². The number of aryl methyl sites for hydroxylation is 1. The number of benzene rings is 2. The Hall–Kier alpha value is -1.56. The van der Waals surface area contributed by atoms with Crippen LogP contribution in [0.4, 0.5) is 5.69 Å². The second kappa shape index (κ2) is 8.01. The van der Waals surface area contributed by atoms with Crippen LogP contribution in [0.2, 0.25) is 10.0 Å². The molecule has 0 aromatic heterocycles. The summed E-state index contributed by atoms with van der Waals surface area (Å²) >= 11 is 11.7. The SMILES string of the molecule is Cc1ccc(S(=O)(=O)CCCC(=O)Nc2cc(Cl)cc(Cl)c2)cc1. The Kier molecular flexibility index (Phi) is 6.27. The van der Waals surface area contributed by atoms with E-state index in [-0.39, 0.29) is 29.4 Å². The molecule has 2 aromatic rings. The van der Waals surface area contributed by atoms with Gasteiger partial charge in [-0.2, -0.15) is 0 Å². The Morgan fingerprint density at radius 3 is 2.21 bits per heavy atom. The molecule has 0 saturated heterocycles. The molecule has 0 bridgehead atoms. The number of halogens is 2. The van der Waals surface area contributed by atoms with Crippen LogP contribution in [0.15, 0.2) is 47.4 Å². The van der Waals surface area contributed by atoms with Crippen LogP contribution in [0.5, 0.6) is 0 Å². The van der Waals surface area contributed by atoms with Crippen molar-refractivity contribution in [3.8, 4) is 0 Å². The third-order valence-corrected chi connectivity index (χ3v) is 5.60. The molecule has 0 aliphatic rings. The van der Waals surface area contributed by atoms with Crippen molar-refractivity contribution in [3.63, 3.8) is 0 Å². The predicted molar refractivity (Wildman–Crippen MR) is 97.6 cm³/mol. The highest BCUT2D eigenvalue weighted by Crippen LogP contribution is 2.22. The number of carbonyl (C=O) groups is 1. The van der Waals surface area contributed by atoms with Gasteiger partial charge in [-0.25, -0.2) is 8.42 Å². The smallest absolute Gasteiger partial charge is 0.224 e. The van der Waals surface area contributed by atoms with E-state index in [1.807, 2.05) is 6.92 Å². The van der Waals surface area contributed by atoms with Crippen molar-refractivity contribution in [1.29, 1.82) is 0 Å². The van der Waals surface area contributed by atoms with Crippen molar-refractivity contribution in [3.05, 3.63) is 58.1 Å². The maximum absolute atomic E-state index is 12.2. The number of rotatable bonds is 6. The largest absolute Gasteiger partial charge is 0.326 e. The van der Waals surface area contributed by atoms with Gasteiger partial charge in [0.05, 0.1) is 10.6 Å². The predicted octanol–water partition coefficient (Wildman–Crippen LogP) is 4.49. The van der Waals surface area contributed by atoms with E-state index in [0.29, 0.717) is 15.7 Å². The van der Waals surface area contributed by atoms with Crippen molar-refractivity contribution in [2.75, 3.05) is 11.1 Å². The van der Waals surface area contributed by atoms with Crippen molar-refractivity contribution in [2.24, 2.45) is 0 Å². The Balaban J connectivity index is 1.89. The zero-order chi connectivity index (χ0) is 17.7. The molecule has 0 aliphatic heterocycles. The number of amides is 1. The van der Waals surface area contributed by atoms with Crippen molar-refractivity contribution >= 4 is 44.6 Å². The molecule has 128 valence electrons. The zero-order valence-electron chi connectivity index (χ0n) is 13.1. The molecule has 7 heteroatoms. The van der Waals surface area contributed by atoms with Gasteiger partial charge in [-0.15, -0.1) is 0 Å². The number of nitrogens with one attached hydrogen (secondary N) is 1. The van der Waals surface area contributed by atoms with Gasteiger partial charge < -0.3 is 5.32 Å². The third kappa shape index (κ3) is 5.51. The molecular weight excluding hydrogens is 369 g/mol. The number of anilines is 1. The first-order chi connectivity index (χ1) is 11.3. The average Bonchev–Trinajstić information content (AvgIpc) is 2.46. The molecule has 0 aliphatic carbocycles. The van der Waals surface area contributed by atoms with Crippen molar-refractivity contribution in [1.82, 2.24) is 0 Å².